The van der Waals surface area contributed by atoms with E-state index in [4.69, 9.17) is 16.6 Å². The molecule has 0 spiro atoms. The van der Waals surface area contributed by atoms with Crippen LogP contribution >= 0.6 is 0 Å². The molecule has 64 valence electrons. The average molecular weight is 170 g/mol. The lowest BCUT2D eigenvalue weighted by atomic mass is 10.1. The van der Waals surface area contributed by atoms with E-state index < -0.39 is 17.3 Å². The molecule has 0 bridgehead atoms. The Hall–Kier alpha value is -1.78. The number of carbonyl (C=O) groups is 1. The van der Waals surface area contributed by atoms with Gasteiger partial charge in [0.15, 0.2) is 5.82 Å². The van der Waals surface area contributed by atoms with E-state index in [0.717, 1.165) is 6.07 Å². The Labute approximate surface area is 67.6 Å². The van der Waals surface area contributed by atoms with Crippen LogP contribution in [0.2, 0.25) is 0 Å². The highest BCUT2D eigenvalue weighted by molar-refractivity contribution is 5.90. The zero-order chi connectivity index (χ0) is 9.30. The topological polar surface area (TPSA) is 89.3 Å². The standard InChI is InChI=1S/C7H7FN2O2/c8-5-3(7(11)12)1-2-4(9)6(5)10/h1-2H,9-10H2,(H,11,12). The highest BCUT2D eigenvalue weighted by Gasteiger charge is 2.13. The second kappa shape index (κ2) is 2.69. The van der Waals surface area contributed by atoms with Crippen LogP contribution in [0.1, 0.15) is 10.4 Å². The first-order valence-corrected chi connectivity index (χ1v) is 3.10. The molecule has 0 heterocycles. The maximum Gasteiger partial charge on any atom is 0.338 e. The van der Waals surface area contributed by atoms with Crippen LogP contribution < -0.4 is 11.5 Å². The number of anilines is 2. The van der Waals surface area contributed by atoms with Gasteiger partial charge in [0.2, 0.25) is 0 Å². The second-order valence-electron chi connectivity index (χ2n) is 2.24. The number of nitrogens with two attached hydrogens (primary N) is 2. The number of hydrogen-bond acceptors (Lipinski definition) is 3. The van der Waals surface area contributed by atoms with Crippen LogP contribution in [0.4, 0.5) is 15.8 Å². The molecule has 0 fully saturated rings. The van der Waals surface area contributed by atoms with Crippen molar-refractivity contribution in [3.8, 4) is 0 Å². The van der Waals surface area contributed by atoms with E-state index in [9.17, 15) is 9.18 Å². The van der Waals surface area contributed by atoms with Crippen molar-refractivity contribution in [2.24, 2.45) is 0 Å². The van der Waals surface area contributed by atoms with Crippen LogP contribution in [0.15, 0.2) is 12.1 Å². The predicted molar refractivity (Wildman–Crippen MR) is 42.2 cm³/mol. The van der Waals surface area contributed by atoms with E-state index in [1.54, 1.807) is 0 Å². The Morgan fingerprint density at radius 2 is 2.00 bits per heavy atom. The molecule has 0 amide bonds. The van der Waals surface area contributed by atoms with Gasteiger partial charge in [-0.3, -0.25) is 0 Å². The van der Waals surface area contributed by atoms with Gasteiger partial charge in [-0.25, -0.2) is 9.18 Å². The molecule has 0 aliphatic rings. The summed E-state index contributed by atoms with van der Waals surface area (Å²) in [5.74, 6) is -2.35. The number of aromatic carboxylic acids is 1. The van der Waals surface area contributed by atoms with Crippen LogP contribution in [0.5, 0.6) is 0 Å². The van der Waals surface area contributed by atoms with Gasteiger partial charge < -0.3 is 16.6 Å². The minimum absolute atomic E-state index is 0.0394. The van der Waals surface area contributed by atoms with Gasteiger partial charge >= 0.3 is 5.97 Å². The van der Waals surface area contributed by atoms with Gasteiger partial charge in [0.05, 0.1) is 16.9 Å². The largest absolute Gasteiger partial charge is 0.478 e. The van der Waals surface area contributed by atoms with Gasteiger partial charge in [-0.1, -0.05) is 0 Å². The quantitative estimate of drug-likeness (QED) is 0.541. The monoisotopic (exact) mass is 170 g/mol. The van der Waals surface area contributed by atoms with Crippen LogP contribution in [-0.2, 0) is 0 Å². The van der Waals surface area contributed by atoms with E-state index in [0.29, 0.717) is 0 Å². The van der Waals surface area contributed by atoms with Gasteiger partial charge in [0.25, 0.3) is 0 Å². The molecule has 0 radical (unpaired) electrons. The van der Waals surface area contributed by atoms with Crippen molar-refractivity contribution in [3.05, 3.63) is 23.5 Å². The summed E-state index contributed by atoms with van der Waals surface area (Å²) in [6.45, 7) is 0. The van der Waals surface area contributed by atoms with Crippen molar-refractivity contribution in [1.29, 1.82) is 0 Å². The molecule has 5 N–H and O–H groups in total. The molecule has 0 aliphatic carbocycles. The van der Waals surface area contributed by atoms with Crippen LogP contribution in [0.3, 0.4) is 0 Å². The first-order chi connectivity index (χ1) is 5.54. The van der Waals surface area contributed by atoms with Crippen LogP contribution in [0.25, 0.3) is 0 Å². The summed E-state index contributed by atoms with van der Waals surface area (Å²) in [4.78, 5) is 10.3. The van der Waals surface area contributed by atoms with Crippen molar-refractivity contribution in [1.82, 2.24) is 0 Å². The minimum atomic E-state index is -1.36. The van der Waals surface area contributed by atoms with E-state index in [1.165, 1.54) is 6.07 Å². The fourth-order valence-electron chi connectivity index (χ4n) is 0.773. The molecule has 0 unspecified atom stereocenters. The number of hydrogen-bond donors (Lipinski definition) is 3. The Balaban J connectivity index is 3.36. The lowest BCUT2D eigenvalue weighted by Gasteiger charge is -2.03. The summed E-state index contributed by atoms with van der Waals surface area (Å²) >= 11 is 0. The zero-order valence-corrected chi connectivity index (χ0v) is 6.04. The Kier molecular flexibility index (Phi) is 1.86. The summed E-state index contributed by atoms with van der Waals surface area (Å²) in [5, 5.41) is 8.44. The minimum Gasteiger partial charge on any atom is -0.478 e. The lowest BCUT2D eigenvalue weighted by Crippen LogP contribution is -2.06. The highest BCUT2D eigenvalue weighted by atomic mass is 19.1. The van der Waals surface area contributed by atoms with Crippen molar-refractivity contribution in [2.45, 2.75) is 0 Å². The van der Waals surface area contributed by atoms with Gasteiger partial charge in [-0.2, -0.15) is 0 Å². The molecule has 0 saturated carbocycles. The third-order valence-electron chi connectivity index (χ3n) is 1.44. The molecule has 1 aromatic carbocycles. The molecule has 12 heavy (non-hydrogen) atoms. The number of halogens is 1. The molecule has 0 aliphatic heterocycles. The van der Waals surface area contributed by atoms with Gasteiger partial charge in [-0.15, -0.1) is 0 Å². The number of rotatable bonds is 1. The zero-order valence-electron chi connectivity index (χ0n) is 6.04. The van der Waals surface area contributed by atoms with E-state index >= 15 is 0 Å². The summed E-state index contributed by atoms with van der Waals surface area (Å²) in [6.07, 6.45) is 0. The third-order valence-corrected chi connectivity index (χ3v) is 1.44. The van der Waals surface area contributed by atoms with E-state index in [-0.39, 0.29) is 11.4 Å². The van der Waals surface area contributed by atoms with Gasteiger partial charge in [0, 0.05) is 0 Å². The maximum absolute atomic E-state index is 12.9. The average Bonchev–Trinajstić information content (AvgIpc) is 2.00. The summed E-state index contributed by atoms with van der Waals surface area (Å²) in [7, 11) is 0. The van der Waals surface area contributed by atoms with Crippen molar-refractivity contribution >= 4 is 17.3 Å². The number of benzene rings is 1. The summed E-state index contributed by atoms with van der Waals surface area (Å²) < 4.78 is 12.9. The van der Waals surface area contributed by atoms with E-state index in [1.807, 2.05) is 0 Å². The molecular weight excluding hydrogens is 163 g/mol. The molecule has 4 nitrogen and oxygen atoms in total. The molecule has 0 aromatic heterocycles. The Morgan fingerprint density at radius 3 is 2.50 bits per heavy atom. The molecule has 1 aromatic rings. The SMILES string of the molecule is Nc1ccc(C(=O)O)c(F)c1N. The van der Waals surface area contributed by atoms with Gasteiger partial charge in [-0.05, 0) is 12.1 Å². The fraction of sp³-hybridized carbons (Fsp3) is 0. The smallest absolute Gasteiger partial charge is 0.338 e. The number of carboxylic acid groups (broad SMARTS) is 1. The summed E-state index contributed by atoms with van der Waals surface area (Å²) in [5.41, 5.74) is 9.63. The number of nitrogen functional groups attached to an aromatic ring is 2. The first-order valence-electron chi connectivity index (χ1n) is 3.10. The molecule has 0 atom stereocenters. The molecule has 5 heteroatoms. The molecular formula is C7H7FN2O2. The van der Waals surface area contributed by atoms with Crippen molar-refractivity contribution in [3.63, 3.8) is 0 Å². The Bertz CT molecular complexity index is 338. The van der Waals surface area contributed by atoms with Crippen LogP contribution in [0, 0.1) is 5.82 Å². The molecule has 1 rings (SSSR count). The third kappa shape index (κ3) is 1.16. The van der Waals surface area contributed by atoms with Crippen molar-refractivity contribution in [2.75, 3.05) is 11.5 Å². The number of carboxylic acids is 1. The normalized spacial score (nSPS) is 9.75. The van der Waals surface area contributed by atoms with Crippen LogP contribution in [-0.4, -0.2) is 11.1 Å². The lowest BCUT2D eigenvalue weighted by molar-refractivity contribution is 0.0692. The fourth-order valence-corrected chi connectivity index (χ4v) is 0.773. The van der Waals surface area contributed by atoms with E-state index in [2.05, 4.69) is 0 Å². The predicted octanol–water partition coefficient (Wildman–Crippen LogP) is 0.688. The molecule has 0 saturated heterocycles. The van der Waals surface area contributed by atoms with Gasteiger partial charge in [0.1, 0.15) is 0 Å². The van der Waals surface area contributed by atoms with Crippen molar-refractivity contribution < 1.29 is 14.3 Å². The second-order valence-corrected chi connectivity index (χ2v) is 2.24. The Morgan fingerprint density at radius 1 is 1.42 bits per heavy atom. The highest BCUT2D eigenvalue weighted by Crippen LogP contribution is 2.21. The first kappa shape index (κ1) is 8.32. The summed E-state index contributed by atoms with van der Waals surface area (Å²) in [6, 6.07) is 2.32. The maximum atomic E-state index is 12.9.